The van der Waals surface area contributed by atoms with Crippen LogP contribution in [-0.4, -0.2) is 59.4 Å². The molecule has 0 unspecified atom stereocenters. The maximum Gasteiger partial charge on any atom is 0.260 e. The van der Waals surface area contributed by atoms with Gasteiger partial charge in [0.05, 0.1) is 11.4 Å². The number of halogens is 2. The van der Waals surface area contributed by atoms with Gasteiger partial charge >= 0.3 is 0 Å². The first-order chi connectivity index (χ1) is 14.5. The van der Waals surface area contributed by atoms with Gasteiger partial charge in [-0.25, -0.2) is 0 Å². The minimum atomic E-state index is -0.134. The Morgan fingerprint density at radius 1 is 0.967 bits per heavy atom. The molecule has 1 aliphatic rings. The highest BCUT2D eigenvalue weighted by Crippen LogP contribution is 2.27. The number of aromatic amines is 1. The van der Waals surface area contributed by atoms with Crippen LogP contribution in [0.5, 0.6) is 5.75 Å². The average Bonchev–Trinajstić information content (AvgIpc) is 3.16. The van der Waals surface area contributed by atoms with Crippen molar-refractivity contribution in [2.45, 2.75) is 6.42 Å². The predicted octanol–water partition coefficient (Wildman–Crippen LogP) is 3.77. The molecular weight excluding hydrogens is 425 g/mol. The summed E-state index contributed by atoms with van der Waals surface area (Å²) in [5.74, 6) is 0.350. The van der Waals surface area contributed by atoms with Crippen molar-refractivity contribution in [2.75, 3.05) is 32.8 Å². The average molecular weight is 446 g/mol. The number of nitrogens with zero attached hydrogens (tertiary/aromatic N) is 2. The van der Waals surface area contributed by atoms with Gasteiger partial charge in [-0.2, -0.15) is 0 Å². The van der Waals surface area contributed by atoms with Gasteiger partial charge in [0, 0.05) is 48.3 Å². The van der Waals surface area contributed by atoms with E-state index >= 15 is 0 Å². The molecule has 0 aliphatic carbocycles. The smallest absolute Gasteiger partial charge is 0.260 e. The molecule has 1 N–H and O–H groups in total. The molecule has 0 radical (unpaired) electrons. The van der Waals surface area contributed by atoms with Crippen LogP contribution in [0, 0.1) is 0 Å². The molecular formula is C22H21Cl2N3O3. The fourth-order valence-electron chi connectivity index (χ4n) is 3.58. The standard InChI is InChI=1S/C22H21Cl2N3O3/c23-16-5-6-20(18(24)12-16)30-14-22(29)27-9-7-26(8-10-27)21(28)11-15-13-25-19-4-2-1-3-17(15)19/h1-6,12-13,25H,7-11,14H2. The molecule has 0 atom stereocenters. The summed E-state index contributed by atoms with van der Waals surface area (Å²) in [7, 11) is 0. The van der Waals surface area contributed by atoms with Gasteiger partial charge in [-0.3, -0.25) is 9.59 Å². The highest BCUT2D eigenvalue weighted by Gasteiger charge is 2.25. The Labute approximate surface area is 184 Å². The first kappa shape index (κ1) is 20.6. The molecule has 156 valence electrons. The fraction of sp³-hybridized carbons (Fsp3) is 0.273. The third-order valence-electron chi connectivity index (χ3n) is 5.25. The zero-order valence-corrected chi connectivity index (χ0v) is 17.7. The number of piperazine rings is 1. The molecule has 1 fully saturated rings. The lowest BCUT2D eigenvalue weighted by Gasteiger charge is -2.34. The topological polar surface area (TPSA) is 65.6 Å². The highest BCUT2D eigenvalue weighted by molar-refractivity contribution is 6.35. The summed E-state index contributed by atoms with van der Waals surface area (Å²) in [5, 5.41) is 1.94. The monoisotopic (exact) mass is 445 g/mol. The molecule has 30 heavy (non-hydrogen) atoms. The number of nitrogens with one attached hydrogen (secondary N) is 1. The van der Waals surface area contributed by atoms with Crippen LogP contribution in [0.15, 0.2) is 48.7 Å². The lowest BCUT2D eigenvalue weighted by atomic mass is 10.1. The molecule has 2 aromatic carbocycles. The normalized spacial score (nSPS) is 14.2. The zero-order valence-electron chi connectivity index (χ0n) is 16.2. The van der Waals surface area contributed by atoms with E-state index in [9.17, 15) is 9.59 Å². The maximum atomic E-state index is 12.7. The SMILES string of the molecule is O=C(COc1ccc(Cl)cc1Cl)N1CCN(C(=O)Cc2c[nH]c3ccccc23)CC1. The number of hydrogen-bond acceptors (Lipinski definition) is 3. The number of ether oxygens (including phenoxy) is 1. The minimum Gasteiger partial charge on any atom is -0.482 e. The van der Waals surface area contributed by atoms with Gasteiger partial charge in [-0.1, -0.05) is 41.4 Å². The first-order valence-corrected chi connectivity index (χ1v) is 10.5. The lowest BCUT2D eigenvalue weighted by Crippen LogP contribution is -2.52. The van der Waals surface area contributed by atoms with E-state index in [1.54, 1.807) is 23.1 Å². The highest BCUT2D eigenvalue weighted by atomic mass is 35.5. The number of para-hydroxylation sites is 1. The zero-order chi connectivity index (χ0) is 21.1. The van der Waals surface area contributed by atoms with Crippen LogP contribution >= 0.6 is 23.2 Å². The molecule has 1 saturated heterocycles. The third kappa shape index (κ3) is 4.55. The van der Waals surface area contributed by atoms with Gasteiger partial charge < -0.3 is 19.5 Å². The Hall–Kier alpha value is -2.70. The lowest BCUT2D eigenvalue weighted by molar-refractivity contribution is -0.140. The molecule has 0 bridgehead atoms. The second-order valence-electron chi connectivity index (χ2n) is 7.16. The number of fused-ring (bicyclic) bond motifs is 1. The van der Waals surface area contributed by atoms with Crippen molar-refractivity contribution in [3.63, 3.8) is 0 Å². The number of benzene rings is 2. The van der Waals surface area contributed by atoms with Crippen LogP contribution in [0.4, 0.5) is 0 Å². The summed E-state index contributed by atoms with van der Waals surface area (Å²) in [6.07, 6.45) is 2.23. The molecule has 1 aromatic heterocycles. The minimum absolute atomic E-state index is 0.0658. The van der Waals surface area contributed by atoms with Crippen molar-refractivity contribution in [2.24, 2.45) is 0 Å². The van der Waals surface area contributed by atoms with Gasteiger partial charge in [0.2, 0.25) is 5.91 Å². The van der Waals surface area contributed by atoms with Gasteiger partial charge in [0.25, 0.3) is 5.91 Å². The Balaban J connectivity index is 1.27. The summed E-state index contributed by atoms with van der Waals surface area (Å²) in [6.45, 7) is 1.88. The van der Waals surface area contributed by atoms with E-state index in [0.29, 0.717) is 48.4 Å². The molecule has 2 amide bonds. The summed E-state index contributed by atoms with van der Waals surface area (Å²) in [5.41, 5.74) is 2.01. The Morgan fingerprint density at radius 3 is 2.40 bits per heavy atom. The van der Waals surface area contributed by atoms with Gasteiger partial charge in [0.1, 0.15) is 5.75 Å². The van der Waals surface area contributed by atoms with Crippen LogP contribution in [-0.2, 0) is 16.0 Å². The number of H-pyrrole nitrogens is 1. The number of amides is 2. The second kappa shape index (κ2) is 8.98. The third-order valence-corrected chi connectivity index (χ3v) is 5.78. The number of rotatable bonds is 5. The quantitative estimate of drug-likeness (QED) is 0.649. The summed E-state index contributed by atoms with van der Waals surface area (Å²) >= 11 is 11.9. The van der Waals surface area contributed by atoms with Crippen LogP contribution in [0.25, 0.3) is 10.9 Å². The molecule has 3 aromatic rings. The van der Waals surface area contributed by atoms with Crippen molar-refractivity contribution in [1.82, 2.24) is 14.8 Å². The molecule has 0 spiro atoms. The van der Waals surface area contributed by atoms with E-state index < -0.39 is 0 Å². The molecule has 6 nitrogen and oxygen atoms in total. The van der Waals surface area contributed by atoms with Crippen molar-refractivity contribution < 1.29 is 14.3 Å². The maximum absolute atomic E-state index is 12.7. The van der Waals surface area contributed by atoms with E-state index in [0.717, 1.165) is 16.5 Å². The molecule has 4 rings (SSSR count). The Kier molecular flexibility index (Phi) is 6.16. The Morgan fingerprint density at radius 2 is 1.67 bits per heavy atom. The van der Waals surface area contributed by atoms with Crippen LogP contribution in [0.1, 0.15) is 5.56 Å². The van der Waals surface area contributed by atoms with Crippen LogP contribution in [0.3, 0.4) is 0 Å². The van der Waals surface area contributed by atoms with Gasteiger partial charge in [0.15, 0.2) is 6.61 Å². The van der Waals surface area contributed by atoms with Crippen molar-refractivity contribution in [1.29, 1.82) is 0 Å². The second-order valence-corrected chi connectivity index (χ2v) is 8.00. The van der Waals surface area contributed by atoms with E-state index in [2.05, 4.69) is 4.98 Å². The summed E-state index contributed by atoms with van der Waals surface area (Å²) in [4.78, 5) is 31.9. The number of carbonyl (C=O) groups is 2. The van der Waals surface area contributed by atoms with Gasteiger partial charge in [-0.15, -0.1) is 0 Å². The van der Waals surface area contributed by atoms with E-state index in [-0.39, 0.29) is 18.4 Å². The van der Waals surface area contributed by atoms with Gasteiger partial charge in [-0.05, 0) is 29.8 Å². The fourth-order valence-corrected chi connectivity index (χ4v) is 4.04. The van der Waals surface area contributed by atoms with E-state index in [1.807, 2.05) is 35.4 Å². The van der Waals surface area contributed by atoms with Crippen molar-refractivity contribution >= 4 is 45.9 Å². The summed E-state index contributed by atoms with van der Waals surface area (Å²) < 4.78 is 5.53. The van der Waals surface area contributed by atoms with Crippen LogP contribution < -0.4 is 4.74 Å². The van der Waals surface area contributed by atoms with E-state index in [4.69, 9.17) is 27.9 Å². The van der Waals surface area contributed by atoms with E-state index in [1.165, 1.54) is 0 Å². The summed E-state index contributed by atoms with van der Waals surface area (Å²) in [6, 6.07) is 12.8. The largest absolute Gasteiger partial charge is 0.482 e. The number of carbonyl (C=O) groups excluding carboxylic acids is 2. The molecule has 2 heterocycles. The van der Waals surface area contributed by atoms with Crippen LogP contribution in [0.2, 0.25) is 10.0 Å². The number of hydrogen-bond donors (Lipinski definition) is 1. The number of aromatic nitrogens is 1. The molecule has 0 saturated carbocycles. The molecule has 1 aliphatic heterocycles. The van der Waals surface area contributed by atoms with Crippen molar-refractivity contribution in [3.05, 3.63) is 64.3 Å². The first-order valence-electron chi connectivity index (χ1n) is 9.69. The predicted molar refractivity (Wildman–Crippen MR) is 117 cm³/mol. The molecule has 8 heteroatoms. The van der Waals surface area contributed by atoms with Crippen molar-refractivity contribution in [3.8, 4) is 5.75 Å². The Bertz CT molecular complexity index is 1070.